The van der Waals surface area contributed by atoms with Gasteiger partial charge < -0.3 is 4.74 Å². The lowest BCUT2D eigenvalue weighted by Gasteiger charge is -2.05. The van der Waals surface area contributed by atoms with Crippen molar-refractivity contribution in [1.82, 2.24) is 15.0 Å². The van der Waals surface area contributed by atoms with Crippen molar-refractivity contribution in [2.45, 2.75) is 26.9 Å². The molecule has 3 aromatic rings. The summed E-state index contributed by atoms with van der Waals surface area (Å²) in [7, 11) is 0. The Labute approximate surface area is 145 Å². The minimum atomic E-state index is -0.537. The summed E-state index contributed by atoms with van der Waals surface area (Å²) in [4.78, 5) is 12.3. The third-order valence-corrected chi connectivity index (χ3v) is 3.96. The predicted molar refractivity (Wildman–Crippen MR) is 91.0 cm³/mol. The number of carbonyl (C=O) groups is 1. The van der Waals surface area contributed by atoms with E-state index in [-0.39, 0.29) is 18.1 Å². The molecule has 25 heavy (non-hydrogen) atoms. The molecule has 0 unspecified atom stereocenters. The van der Waals surface area contributed by atoms with Gasteiger partial charge in [0, 0.05) is 0 Å². The molecule has 0 aliphatic heterocycles. The molecule has 0 N–H and O–H groups in total. The molecule has 0 aliphatic rings. The largest absolute Gasteiger partial charge is 0.456 e. The number of aryl methyl sites for hydroxylation is 1. The smallest absolute Gasteiger partial charge is 0.361 e. The summed E-state index contributed by atoms with van der Waals surface area (Å²) in [5.41, 5.74) is 3.45. The van der Waals surface area contributed by atoms with Crippen molar-refractivity contribution in [3.8, 4) is 5.69 Å². The van der Waals surface area contributed by atoms with Gasteiger partial charge in [-0.15, -0.1) is 5.10 Å². The number of hydrogen-bond donors (Lipinski definition) is 0. The second-order valence-electron chi connectivity index (χ2n) is 5.66. The van der Waals surface area contributed by atoms with Crippen molar-refractivity contribution in [3.05, 3.63) is 76.9 Å². The van der Waals surface area contributed by atoms with E-state index < -0.39 is 5.97 Å². The van der Waals surface area contributed by atoms with E-state index in [1.54, 1.807) is 19.1 Å². The molecule has 0 saturated carbocycles. The molecule has 2 aromatic carbocycles. The van der Waals surface area contributed by atoms with E-state index in [1.807, 2.05) is 24.3 Å². The molecule has 0 spiro atoms. The van der Waals surface area contributed by atoms with Gasteiger partial charge in [0.2, 0.25) is 0 Å². The van der Waals surface area contributed by atoms with E-state index in [4.69, 9.17) is 4.74 Å². The van der Waals surface area contributed by atoms with Gasteiger partial charge in [0.15, 0.2) is 5.69 Å². The normalized spacial score (nSPS) is 10.7. The first-order chi connectivity index (χ1) is 12.1. The molecule has 6 heteroatoms. The molecule has 1 aromatic heterocycles. The number of benzene rings is 2. The first kappa shape index (κ1) is 16.8. The summed E-state index contributed by atoms with van der Waals surface area (Å²) < 4.78 is 19.8. The molecular formula is C19H18FN3O2. The van der Waals surface area contributed by atoms with Gasteiger partial charge in [-0.25, -0.2) is 13.9 Å². The molecule has 0 amide bonds. The van der Waals surface area contributed by atoms with Crippen LogP contribution in [0.15, 0.2) is 48.5 Å². The van der Waals surface area contributed by atoms with Crippen molar-refractivity contribution >= 4 is 5.97 Å². The summed E-state index contributed by atoms with van der Waals surface area (Å²) >= 11 is 0. The molecule has 5 nitrogen and oxygen atoms in total. The Kier molecular flexibility index (Phi) is 4.88. The Morgan fingerprint density at radius 3 is 2.36 bits per heavy atom. The average Bonchev–Trinajstić information content (AvgIpc) is 3.02. The first-order valence-electron chi connectivity index (χ1n) is 8.01. The second kappa shape index (κ2) is 7.25. The SMILES string of the molecule is CCc1ccc(COC(=O)c2nnn(-c3ccc(F)cc3)c2C)cc1. The molecule has 0 saturated heterocycles. The van der Waals surface area contributed by atoms with Crippen LogP contribution in [0.4, 0.5) is 4.39 Å². The van der Waals surface area contributed by atoms with Crippen LogP contribution < -0.4 is 0 Å². The van der Waals surface area contributed by atoms with E-state index in [0.29, 0.717) is 11.4 Å². The molecule has 0 atom stereocenters. The highest BCUT2D eigenvalue weighted by molar-refractivity contribution is 5.88. The fourth-order valence-electron chi connectivity index (χ4n) is 2.43. The number of carbonyl (C=O) groups excluding carboxylic acids is 1. The van der Waals surface area contributed by atoms with E-state index in [2.05, 4.69) is 17.2 Å². The van der Waals surface area contributed by atoms with Crippen molar-refractivity contribution in [3.63, 3.8) is 0 Å². The number of aromatic nitrogens is 3. The molecule has 3 rings (SSSR count). The maximum atomic E-state index is 13.0. The third kappa shape index (κ3) is 3.74. The minimum absolute atomic E-state index is 0.148. The predicted octanol–water partition coefficient (Wildman–Crippen LogP) is 3.63. The van der Waals surface area contributed by atoms with Crippen LogP contribution in [0, 0.1) is 12.7 Å². The zero-order chi connectivity index (χ0) is 17.8. The number of hydrogen-bond acceptors (Lipinski definition) is 4. The summed E-state index contributed by atoms with van der Waals surface area (Å²) in [6.45, 7) is 3.98. The van der Waals surface area contributed by atoms with E-state index in [9.17, 15) is 9.18 Å². The lowest BCUT2D eigenvalue weighted by molar-refractivity contribution is 0.0464. The van der Waals surface area contributed by atoms with Gasteiger partial charge in [-0.2, -0.15) is 0 Å². The fourth-order valence-corrected chi connectivity index (χ4v) is 2.43. The lowest BCUT2D eigenvalue weighted by atomic mass is 10.1. The maximum Gasteiger partial charge on any atom is 0.361 e. The van der Waals surface area contributed by atoms with E-state index in [0.717, 1.165) is 12.0 Å². The number of rotatable bonds is 5. The minimum Gasteiger partial charge on any atom is -0.456 e. The van der Waals surface area contributed by atoms with E-state index >= 15 is 0 Å². The lowest BCUT2D eigenvalue weighted by Crippen LogP contribution is -2.08. The summed E-state index contributed by atoms with van der Waals surface area (Å²) in [5.74, 6) is -0.874. The van der Waals surface area contributed by atoms with Gasteiger partial charge >= 0.3 is 5.97 Å². The zero-order valence-corrected chi connectivity index (χ0v) is 14.1. The molecule has 0 radical (unpaired) electrons. The number of nitrogens with zero attached hydrogens (tertiary/aromatic N) is 3. The van der Waals surface area contributed by atoms with Crippen LogP contribution in [0.2, 0.25) is 0 Å². The third-order valence-electron chi connectivity index (χ3n) is 3.96. The summed E-state index contributed by atoms with van der Waals surface area (Å²) in [6, 6.07) is 13.7. The Bertz CT molecular complexity index is 871. The topological polar surface area (TPSA) is 57.0 Å². The van der Waals surface area contributed by atoms with Crippen LogP contribution in [0.1, 0.15) is 34.2 Å². The number of halogens is 1. The molecule has 0 bridgehead atoms. The van der Waals surface area contributed by atoms with Gasteiger partial charge in [-0.1, -0.05) is 36.4 Å². The number of esters is 1. The molecule has 0 fully saturated rings. The molecule has 1 heterocycles. The van der Waals surface area contributed by atoms with Crippen molar-refractivity contribution < 1.29 is 13.9 Å². The standard InChI is InChI=1S/C19H18FN3O2/c1-3-14-4-6-15(7-5-14)12-25-19(24)18-13(2)23(22-21-18)17-10-8-16(20)9-11-17/h4-11H,3,12H2,1-2H3. The van der Waals surface area contributed by atoms with Crippen molar-refractivity contribution in [1.29, 1.82) is 0 Å². The quantitative estimate of drug-likeness (QED) is 0.666. The summed E-state index contributed by atoms with van der Waals surface area (Å²) in [5, 5.41) is 7.86. The molecule has 0 aliphatic carbocycles. The van der Waals surface area contributed by atoms with Gasteiger partial charge in [-0.05, 0) is 48.7 Å². The highest BCUT2D eigenvalue weighted by Gasteiger charge is 2.18. The van der Waals surface area contributed by atoms with Crippen LogP contribution in [0.25, 0.3) is 5.69 Å². The van der Waals surface area contributed by atoms with E-state index in [1.165, 1.54) is 22.4 Å². The molecule has 128 valence electrons. The van der Waals surface area contributed by atoms with Crippen LogP contribution in [0.5, 0.6) is 0 Å². The Hall–Kier alpha value is -3.02. The first-order valence-corrected chi connectivity index (χ1v) is 8.01. The van der Waals surface area contributed by atoms with Gasteiger partial charge in [0.1, 0.15) is 12.4 Å². The van der Waals surface area contributed by atoms with Gasteiger partial charge in [0.05, 0.1) is 11.4 Å². The summed E-state index contributed by atoms with van der Waals surface area (Å²) in [6.07, 6.45) is 0.964. The maximum absolute atomic E-state index is 13.0. The van der Waals surface area contributed by atoms with Gasteiger partial charge in [-0.3, -0.25) is 0 Å². The zero-order valence-electron chi connectivity index (χ0n) is 14.1. The Morgan fingerprint density at radius 2 is 1.72 bits per heavy atom. The molecular weight excluding hydrogens is 321 g/mol. The Morgan fingerprint density at radius 1 is 1.08 bits per heavy atom. The highest BCUT2D eigenvalue weighted by Crippen LogP contribution is 2.14. The van der Waals surface area contributed by atoms with Crippen molar-refractivity contribution in [2.24, 2.45) is 0 Å². The van der Waals surface area contributed by atoms with Crippen LogP contribution in [-0.2, 0) is 17.8 Å². The van der Waals surface area contributed by atoms with Crippen LogP contribution in [-0.4, -0.2) is 21.0 Å². The van der Waals surface area contributed by atoms with Crippen LogP contribution in [0.3, 0.4) is 0 Å². The van der Waals surface area contributed by atoms with Crippen molar-refractivity contribution in [2.75, 3.05) is 0 Å². The second-order valence-corrected chi connectivity index (χ2v) is 5.66. The van der Waals surface area contributed by atoms with Crippen LogP contribution >= 0.6 is 0 Å². The number of ether oxygens (including phenoxy) is 1. The fraction of sp³-hybridized carbons (Fsp3) is 0.211. The van der Waals surface area contributed by atoms with Gasteiger partial charge in [0.25, 0.3) is 0 Å². The monoisotopic (exact) mass is 339 g/mol. The Balaban J connectivity index is 1.71. The highest BCUT2D eigenvalue weighted by atomic mass is 19.1. The average molecular weight is 339 g/mol.